The lowest BCUT2D eigenvalue weighted by Gasteiger charge is -2.12. The highest BCUT2D eigenvalue weighted by atomic mass is 32.2. The van der Waals surface area contributed by atoms with Gasteiger partial charge >= 0.3 is 0 Å². The summed E-state index contributed by atoms with van der Waals surface area (Å²) < 4.78 is 5.10. The molecule has 3 aromatic rings. The van der Waals surface area contributed by atoms with Gasteiger partial charge in [-0.3, -0.25) is 9.59 Å². The number of aromatic nitrogens is 1. The molecule has 3 rings (SSSR count). The van der Waals surface area contributed by atoms with E-state index in [1.54, 1.807) is 37.6 Å². The molecule has 8 heteroatoms. The number of carbonyl (C=O) groups is 2. The molecule has 2 N–H and O–H groups in total. The molecule has 0 radical (unpaired) electrons. The molecular weight excluding hydrogens is 394 g/mol. The Morgan fingerprint density at radius 3 is 2.61 bits per heavy atom. The number of thioether (sulfide) groups is 1. The van der Waals surface area contributed by atoms with Crippen LogP contribution in [0.25, 0.3) is 0 Å². The molecule has 2 amide bonds. The Bertz CT molecular complexity index is 944. The number of anilines is 2. The lowest BCUT2D eigenvalue weighted by atomic mass is 10.2. The fraction of sp³-hybridized carbons (Fsp3) is 0.150. The van der Waals surface area contributed by atoms with Crippen LogP contribution in [0, 0.1) is 0 Å². The molecule has 144 valence electrons. The van der Waals surface area contributed by atoms with E-state index in [4.69, 9.17) is 4.74 Å². The van der Waals surface area contributed by atoms with E-state index in [0.717, 1.165) is 4.90 Å². The average Bonchev–Trinajstić information content (AvgIpc) is 3.21. The second-order valence-corrected chi connectivity index (χ2v) is 8.11. The van der Waals surface area contributed by atoms with Gasteiger partial charge in [0.05, 0.1) is 12.4 Å². The van der Waals surface area contributed by atoms with Gasteiger partial charge in [0.2, 0.25) is 5.91 Å². The Morgan fingerprint density at radius 1 is 1.14 bits per heavy atom. The molecule has 0 saturated heterocycles. The summed E-state index contributed by atoms with van der Waals surface area (Å²) >= 11 is 2.79. The number of hydrogen-bond donors (Lipinski definition) is 2. The zero-order valence-electron chi connectivity index (χ0n) is 15.3. The first kappa shape index (κ1) is 19.9. The molecule has 2 aromatic carbocycles. The molecule has 1 atom stereocenters. The monoisotopic (exact) mass is 413 g/mol. The number of hydrogen-bond acceptors (Lipinski definition) is 6. The van der Waals surface area contributed by atoms with E-state index in [2.05, 4.69) is 15.6 Å². The van der Waals surface area contributed by atoms with Gasteiger partial charge in [-0.2, -0.15) is 0 Å². The Morgan fingerprint density at radius 2 is 1.93 bits per heavy atom. The van der Waals surface area contributed by atoms with Crippen molar-refractivity contribution < 1.29 is 14.3 Å². The number of thiazole rings is 1. The molecule has 0 saturated carbocycles. The quantitative estimate of drug-likeness (QED) is 0.557. The first-order valence-corrected chi connectivity index (χ1v) is 10.2. The number of ether oxygens (including phenoxy) is 1. The zero-order valence-corrected chi connectivity index (χ0v) is 17.0. The van der Waals surface area contributed by atoms with Gasteiger partial charge in [-0.1, -0.05) is 6.07 Å². The third kappa shape index (κ3) is 5.34. The summed E-state index contributed by atoms with van der Waals surface area (Å²) in [6.07, 6.45) is 1.65. The molecule has 1 unspecified atom stereocenters. The number of benzene rings is 2. The molecule has 0 bridgehead atoms. The van der Waals surface area contributed by atoms with E-state index in [1.807, 2.05) is 36.6 Å². The highest BCUT2D eigenvalue weighted by Gasteiger charge is 2.16. The molecule has 0 aliphatic rings. The van der Waals surface area contributed by atoms with E-state index >= 15 is 0 Å². The second-order valence-electron chi connectivity index (χ2n) is 5.80. The number of amides is 2. The molecular formula is C20H19N3O3S2. The summed E-state index contributed by atoms with van der Waals surface area (Å²) in [5.41, 5.74) is 1.20. The van der Waals surface area contributed by atoms with E-state index in [0.29, 0.717) is 22.1 Å². The van der Waals surface area contributed by atoms with Gasteiger partial charge in [-0.05, 0) is 49.4 Å². The van der Waals surface area contributed by atoms with Gasteiger partial charge in [-0.15, -0.1) is 23.1 Å². The van der Waals surface area contributed by atoms with Crippen LogP contribution in [0.1, 0.15) is 17.3 Å². The van der Waals surface area contributed by atoms with Crippen molar-refractivity contribution in [3.8, 4) is 5.75 Å². The highest BCUT2D eigenvalue weighted by molar-refractivity contribution is 8.00. The van der Waals surface area contributed by atoms with Crippen LogP contribution in [0.3, 0.4) is 0 Å². The minimum Gasteiger partial charge on any atom is -0.497 e. The topological polar surface area (TPSA) is 80.3 Å². The summed E-state index contributed by atoms with van der Waals surface area (Å²) in [5, 5.41) is 7.74. The van der Waals surface area contributed by atoms with E-state index in [9.17, 15) is 9.59 Å². The van der Waals surface area contributed by atoms with Gasteiger partial charge in [0.15, 0.2) is 5.13 Å². The van der Waals surface area contributed by atoms with Crippen LogP contribution in [-0.2, 0) is 4.79 Å². The fourth-order valence-corrected chi connectivity index (χ4v) is 3.80. The van der Waals surface area contributed by atoms with Crippen LogP contribution >= 0.6 is 23.1 Å². The van der Waals surface area contributed by atoms with Crippen molar-refractivity contribution in [2.24, 2.45) is 0 Å². The number of nitrogens with one attached hydrogen (secondary N) is 2. The normalized spacial score (nSPS) is 11.5. The standard InChI is InChI=1S/C20H19N3O3S2/c1-13(18(24)23-20-21-10-11-27-20)28-17-5-3-4-15(12-17)22-19(25)14-6-8-16(26-2)9-7-14/h3-13H,1-2H3,(H,22,25)(H,21,23,24). The zero-order chi connectivity index (χ0) is 19.9. The average molecular weight is 414 g/mol. The molecule has 0 fully saturated rings. The SMILES string of the molecule is COc1ccc(C(=O)Nc2cccc(SC(C)C(=O)Nc3nccs3)c2)cc1. The van der Waals surface area contributed by atoms with Gasteiger partial charge in [0, 0.05) is 27.7 Å². The second kappa shape index (κ2) is 9.38. The van der Waals surface area contributed by atoms with Crippen molar-refractivity contribution in [3.63, 3.8) is 0 Å². The Hall–Kier alpha value is -2.84. The molecule has 6 nitrogen and oxygen atoms in total. The number of carbonyl (C=O) groups excluding carboxylic acids is 2. The predicted molar refractivity (Wildman–Crippen MR) is 113 cm³/mol. The lowest BCUT2D eigenvalue weighted by Crippen LogP contribution is -2.22. The third-order valence-corrected chi connectivity index (χ3v) is 5.57. The lowest BCUT2D eigenvalue weighted by molar-refractivity contribution is -0.115. The van der Waals surface area contributed by atoms with Crippen LogP contribution in [0.4, 0.5) is 10.8 Å². The minimum absolute atomic E-state index is 0.118. The maximum Gasteiger partial charge on any atom is 0.255 e. The van der Waals surface area contributed by atoms with Crippen molar-refractivity contribution in [3.05, 3.63) is 65.7 Å². The van der Waals surface area contributed by atoms with Crippen LogP contribution in [0.2, 0.25) is 0 Å². The molecule has 1 heterocycles. The van der Waals surface area contributed by atoms with E-state index in [-0.39, 0.29) is 17.1 Å². The predicted octanol–water partition coefficient (Wildman–Crippen LogP) is 4.52. The first-order valence-electron chi connectivity index (χ1n) is 8.47. The molecule has 0 aliphatic carbocycles. The van der Waals surface area contributed by atoms with Crippen LogP contribution in [-0.4, -0.2) is 29.2 Å². The Balaban J connectivity index is 1.61. The smallest absolute Gasteiger partial charge is 0.255 e. The Kier molecular flexibility index (Phi) is 6.67. The first-order chi connectivity index (χ1) is 13.5. The van der Waals surface area contributed by atoms with Crippen molar-refractivity contribution in [2.45, 2.75) is 17.1 Å². The van der Waals surface area contributed by atoms with Gasteiger partial charge in [0.25, 0.3) is 5.91 Å². The van der Waals surface area contributed by atoms with Crippen molar-refractivity contribution in [1.29, 1.82) is 0 Å². The van der Waals surface area contributed by atoms with E-state index in [1.165, 1.54) is 23.1 Å². The summed E-state index contributed by atoms with van der Waals surface area (Å²) in [5.74, 6) is 0.368. The number of nitrogens with zero attached hydrogens (tertiary/aromatic N) is 1. The maximum absolute atomic E-state index is 12.4. The van der Waals surface area contributed by atoms with Gasteiger partial charge in [-0.25, -0.2) is 4.98 Å². The highest BCUT2D eigenvalue weighted by Crippen LogP contribution is 2.27. The summed E-state index contributed by atoms with van der Waals surface area (Å²) in [6, 6.07) is 14.3. The largest absolute Gasteiger partial charge is 0.497 e. The molecule has 1 aromatic heterocycles. The van der Waals surface area contributed by atoms with E-state index < -0.39 is 0 Å². The number of methoxy groups -OCH3 is 1. The fourth-order valence-electron chi connectivity index (χ4n) is 2.34. The minimum atomic E-state index is -0.309. The maximum atomic E-state index is 12.4. The van der Waals surface area contributed by atoms with Crippen LogP contribution in [0.15, 0.2) is 65.0 Å². The summed E-state index contributed by atoms with van der Waals surface area (Å²) in [4.78, 5) is 29.6. The van der Waals surface area contributed by atoms with Crippen LogP contribution in [0.5, 0.6) is 5.75 Å². The summed E-state index contributed by atoms with van der Waals surface area (Å²) in [6.45, 7) is 1.83. The van der Waals surface area contributed by atoms with Crippen molar-refractivity contribution in [1.82, 2.24) is 4.98 Å². The molecule has 0 aliphatic heterocycles. The van der Waals surface area contributed by atoms with Crippen molar-refractivity contribution >= 4 is 45.7 Å². The van der Waals surface area contributed by atoms with Gasteiger partial charge < -0.3 is 15.4 Å². The van der Waals surface area contributed by atoms with Crippen molar-refractivity contribution in [2.75, 3.05) is 17.7 Å². The number of rotatable bonds is 7. The Labute approximate surface area is 171 Å². The van der Waals surface area contributed by atoms with Crippen LogP contribution < -0.4 is 15.4 Å². The van der Waals surface area contributed by atoms with Gasteiger partial charge in [0.1, 0.15) is 5.75 Å². The molecule has 28 heavy (non-hydrogen) atoms. The summed E-state index contributed by atoms with van der Waals surface area (Å²) in [7, 11) is 1.58. The molecule has 0 spiro atoms. The third-order valence-electron chi connectivity index (χ3n) is 3.79.